The van der Waals surface area contributed by atoms with Crippen molar-refractivity contribution in [1.82, 2.24) is 10.6 Å². The number of ether oxygens (including phenoxy) is 2. The number of halogens is 3. The number of hydrogen-bond acceptors (Lipinski definition) is 6. The van der Waals surface area contributed by atoms with Crippen molar-refractivity contribution in [3.63, 3.8) is 0 Å². The topological polar surface area (TPSA) is 118 Å². The van der Waals surface area contributed by atoms with Crippen LogP contribution in [0.3, 0.4) is 0 Å². The Morgan fingerprint density at radius 2 is 2.00 bits per heavy atom. The maximum absolute atomic E-state index is 11.9. The Labute approximate surface area is 151 Å². The van der Waals surface area contributed by atoms with E-state index in [1.807, 2.05) is 0 Å². The molecule has 0 heterocycles. The number of rotatable bonds is 6. The molecule has 0 bridgehead atoms. The minimum absolute atomic E-state index is 0.433. The third kappa shape index (κ3) is 8.39. The molecule has 0 saturated heterocycles. The lowest BCUT2D eigenvalue weighted by molar-refractivity contribution is -0.144. The highest BCUT2D eigenvalue weighted by Crippen LogP contribution is 2.15. The molecule has 1 aromatic carbocycles. The SMILES string of the molecule is COc1cccc(/C=C(\C#N)C(=O)OCC(=O)NC(=O)NCC(F)(F)F)c1. The van der Waals surface area contributed by atoms with Crippen LogP contribution in [0.25, 0.3) is 6.08 Å². The Hall–Kier alpha value is -3.55. The number of nitrogens with zero attached hydrogens (tertiary/aromatic N) is 1. The van der Waals surface area contributed by atoms with Crippen molar-refractivity contribution < 1.29 is 37.0 Å². The van der Waals surface area contributed by atoms with Gasteiger partial charge in [-0.05, 0) is 23.8 Å². The normalized spacial score (nSPS) is 11.1. The van der Waals surface area contributed by atoms with Crippen molar-refractivity contribution in [3.05, 3.63) is 35.4 Å². The molecule has 3 amide bonds. The lowest BCUT2D eigenvalue weighted by Gasteiger charge is -2.09. The lowest BCUT2D eigenvalue weighted by Crippen LogP contribution is -2.44. The summed E-state index contributed by atoms with van der Waals surface area (Å²) in [5.41, 5.74) is 0.0244. The Balaban J connectivity index is 2.58. The smallest absolute Gasteiger partial charge is 0.405 e. The number of benzene rings is 1. The van der Waals surface area contributed by atoms with Crippen LogP contribution in [-0.4, -0.2) is 44.3 Å². The number of alkyl halides is 3. The lowest BCUT2D eigenvalue weighted by atomic mass is 10.1. The van der Waals surface area contributed by atoms with Crippen molar-refractivity contribution in [2.75, 3.05) is 20.3 Å². The van der Waals surface area contributed by atoms with Gasteiger partial charge in [-0.15, -0.1) is 0 Å². The number of nitrogens with one attached hydrogen (secondary N) is 2. The number of methoxy groups -OCH3 is 1. The second-order valence-electron chi connectivity index (χ2n) is 4.87. The van der Waals surface area contributed by atoms with Crippen LogP contribution in [0, 0.1) is 11.3 Å². The first kappa shape index (κ1) is 21.5. The van der Waals surface area contributed by atoms with E-state index in [0.29, 0.717) is 11.3 Å². The van der Waals surface area contributed by atoms with Gasteiger partial charge in [-0.25, -0.2) is 9.59 Å². The van der Waals surface area contributed by atoms with Crippen molar-refractivity contribution in [3.8, 4) is 11.8 Å². The van der Waals surface area contributed by atoms with Gasteiger partial charge < -0.3 is 14.8 Å². The molecule has 0 aliphatic rings. The Bertz CT molecular complexity index is 784. The van der Waals surface area contributed by atoms with Crippen LogP contribution in [-0.2, 0) is 14.3 Å². The zero-order valence-electron chi connectivity index (χ0n) is 13.9. The van der Waals surface area contributed by atoms with E-state index in [2.05, 4.69) is 4.74 Å². The minimum atomic E-state index is -4.64. The average molecular weight is 385 g/mol. The van der Waals surface area contributed by atoms with E-state index in [4.69, 9.17) is 10.00 Å². The highest BCUT2D eigenvalue weighted by molar-refractivity contribution is 6.00. The van der Waals surface area contributed by atoms with Gasteiger partial charge in [0.05, 0.1) is 7.11 Å². The summed E-state index contributed by atoms with van der Waals surface area (Å²) in [6.07, 6.45) is -3.45. The summed E-state index contributed by atoms with van der Waals surface area (Å²) in [6.45, 7) is -2.59. The van der Waals surface area contributed by atoms with Crippen LogP contribution >= 0.6 is 0 Å². The number of imide groups is 1. The number of esters is 1. The zero-order chi connectivity index (χ0) is 20.4. The van der Waals surface area contributed by atoms with Gasteiger partial charge in [0.1, 0.15) is 23.9 Å². The summed E-state index contributed by atoms with van der Waals surface area (Å²) < 4.78 is 45.3. The monoisotopic (exact) mass is 385 g/mol. The first-order valence-corrected chi connectivity index (χ1v) is 7.22. The van der Waals surface area contributed by atoms with Crippen molar-refractivity contribution in [2.24, 2.45) is 0 Å². The van der Waals surface area contributed by atoms with Crippen LogP contribution in [0.2, 0.25) is 0 Å². The van der Waals surface area contributed by atoms with Crippen molar-refractivity contribution in [2.45, 2.75) is 6.18 Å². The molecule has 0 spiro atoms. The van der Waals surface area contributed by atoms with Crippen LogP contribution < -0.4 is 15.4 Å². The van der Waals surface area contributed by atoms with Gasteiger partial charge in [0.25, 0.3) is 5.91 Å². The van der Waals surface area contributed by atoms with E-state index in [9.17, 15) is 27.6 Å². The van der Waals surface area contributed by atoms with Gasteiger partial charge in [0.15, 0.2) is 6.61 Å². The number of hydrogen-bond donors (Lipinski definition) is 2. The maximum Gasteiger partial charge on any atom is 0.405 e. The van der Waals surface area contributed by atoms with Crippen molar-refractivity contribution in [1.29, 1.82) is 5.26 Å². The number of amides is 3. The standard InChI is InChI=1S/C16H14F3N3O5/c1-26-12-4-2-3-10(6-12)5-11(7-20)14(24)27-8-13(23)22-15(25)21-9-16(17,18)19/h2-6H,8-9H2,1H3,(H2,21,22,23,25)/b11-5+. The van der Waals surface area contributed by atoms with Gasteiger partial charge >= 0.3 is 18.2 Å². The minimum Gasteiger partial charge on any atom is -0.497 e. The van der Waals surface area contributed by atoms with E-state index in [0.717, 1.165) is 0 Å². The molecule has 0 aromatic heterocycles. The molecule has 8 nitrogen and oxygen atoms in total. The maximum atomic E-state index is 11.9. The van der Waals surface area contributed by atoms with Gasteiger partial charge in [-0.2, -0.15) is 18.4 Å². The predicted octanol–water partition coefficient (Wildman–Crippen LogP) is 1.53. The third-order valence-corrected chi connectivity index (χ3v) is 2.78. The molecule has 11 heteroatoms. The van der Waals surface area contributed by atoms with E-state index < -0.39 is 42.8 Å². The van der Waals surface area contributed by atoms with Crippen molar-refractivity contribution >= 4 is 24.0 Å². The highest BCUT2D eigenvalue weighted by atomic mass is 19.4. The molecule has 0 aliphatic carbocycles. The van der Waals surface area contributed by atoms with Gasteiger partial charge in [-0.1, -0.05) is 12.1 Å². The summed E-state index contributed by atoms with van der Waals surface area (Å²) >= 11 is 0. The molecule has 2 N–H and O–H groups in total. The molecular formula is C16H14F3N3O5. The van der Waals surface area contributed by atoms with E-state index >= 15 is 0 Å². The summed E-state index contributed by atoms with van der Waals surface area (Å²) in [4.78, 5) is 34.3. The summed E-state index contributed by atoms with van der Waals surface area (Å²) in [7, 11) is 1.44. The second-order valence-corrected chi connectivity index (χ2v) is 4.87. The first-order valence-electron chi connectivity index (χ1n) is 7.22. The fourth-order valence-electron chi connectivity index (χ4n) is 1.63. The summed E-state index contributed by atoms with van der Waals surface area (Å²) in [6, 6.07) is 6.60. The third-order valence-electron chi connectivity index (χ3n) is 2.78. The van der Waals surface area contributed by atoms with Gasteiger partial charge in [0, 0.05) is 0 Å². The van der Waals surface area contributed by atoms with Crippen LogP contribution in [0.5, 0.6) is 5.75 Å². The summed E-state index contributed by atoms with van der Waals surface area (Å²) in [5.74, 6) is -1.83. The Morgan fingerprint density at radius 1 is 1.30 bits per heavy atom. The van der Waals surface area contributed by atoms with Crippen LogP contribution in [0.15, 0.2) is 29.8 Å². The molecule has 0 aliphatic heterocycles. The van der Waals surface area contributed by atoms with E-state index in [-0.39, 0.29) is 0 Å². The molecule has 1 rings (SSSR count). The van der Waals surface area contributed by atoms with Crippen LogP contribution in [0.1, 0.15) is 5.56 Å². The summed E-state index contributed by atoms with van der Waals surface area (Å²) in [5, 5.41) is 12.0. The fraction of sp³-hybridized carbons (Fsp3) is 0.250. The molecule has 27 heavy (non-hydrogen) atoms. The molecule has 0 saturated carbocycles. The number of carbonyl (C=O) groups excluding carboxylic acids is 3. The molecule has 0 unspecified atom stereocenters. The van der Waals surface area contributed by atoms with Gasteiger partial charge in [0.2, 0.25) is 0 Å². The predicted molar refractivity (Wildman–Crippen MR) is 85.1 cm³/mol. The average Bonchev–Trinajstić information content (AvgIpc) is 2.62. The fourth-order valence-corrected chi connectivity index (χ4v) is 1.63. The highest BCUT2D eigenvalue weighted by Gasteiger charge is 2.28. The first-order chi connectivity index (χ1) is 12.6. The molecule has 1 aromatic rings. The molecule has 0 radical (unpaired) electrons. The van der Waals surface area contributed by atoms with Crippen LogP contribution in [0.4, 0.5) is 18.0 Å². The molecule has 144 valence electrons. The molecule has 0 atom stereocenters. The Kier molecular flexibility index (Phi) is 7.81. The molecular weight excluding hydrogens is 371 g/mol. The van der Waals surface area contributed by atoms with E-state index in [1.54, 1.807) is 35.7 Å². The van der Waals surface area contributed by atoms with Gasteiger partial charge in [-0.3, -0.25) is 10.1 Å². The zero-order valence-corrected chi connectivity index (χ0v) is 13.9. The number of nitriles is 1. The largest absolute Gasteiger partial charge is 0.497 e. The number of carbonyl (C=O) groups is 3. The quantitative estimate of drug-likeness (QED) is 0.436. The Morgan fingerprint density at radius 3 is 2.59 bits per heavy atom. The van der Waals surface area contributed by atoms with E-state index in [1.165, 1.54) is 18.5 Å². The number of urea groups is 1. The second kappa shape index (κ2) is 9.81. The molecule has 0 fully saturated rings.